The van der Waals surface area contributed by atoms with Crippen LogP contribution in [0.4, 0.5) is 4.79 Å². The van der Waals surface area contributed by atoms with Gasteiger partial charge >= 0.3 is 6.09 Å². The summed E-state index contributed by atoms with van der Waals surface area (Å²) < 4.78 is 33.3. The van der Waals surface area contributed by atoms with E-state index in [-0.39, 0.29) is 0 Å². The molecule has 0 aliphatic carbocycles. The average Bonchev–Trinajstić information content (AvgIpc) is 2.80. The molecule has 0 spiro atoms. The highest BCUT2D eigenvalue weighted by Crippen LogP contribution is 2.31. The largest absolute Gasteiger partial charge is 0.415 e. The Morgan fingerprint density at radius 2 is 1.53 bits per heavy atom. The van der Waals surface area contributed by atoms with Crippen LogP contribution in [0, 0.1) is 0 Å². The Morgan fingerprint density at radius 1 is 0.900 bits per heavy atom. The van der Waals surface area contributed by atoms with Crippen LogP contribution in [-0.4, -0.2) is 60.1 Å². The first-order chi connectivity index (χ1) is 14.5. The van der Waals surface area contributed by atoms with E-state index < -0.39 is 21.4 Å². The van der Waals surface area contributed by atoms with Crippen molar-refractivity contribution >= 4 is 16.1 Å². The molecule has 2 fully saturated rings. The molecule has 2 aliphatic heterocycles. The molecule has 2 saturated heterocycles. The molecule has 0 radical (unpaired) electrons. The second kappa shape index (κ2) is 9.14. The van der Waals surface area contributed by atoms with E-state index in [2.05, 4.69) is 4.98 Å². The van der Waals surface area contributed by atoms with E-state index in [0.717, 1.165) is 12.8 Å². The minimum absolute atomic E-state index is 0.383. The summed E-state index contributed by atoms with van der Waals surface area (Å²) in [4.78, 5) is 18.0. The maximum atomic E-state index is 13.1. The van der Waals surface area contributed by atoms with E-state index in [1.807, 2.05) is 18.2 Å². The summed E-state index contributed by atoms with van der Waals surface area (Å²) >= 11 is 0. The van der Waals surface area contributed by atoms with Crippen LogP contribution in [0.5, 0.6) is 5.75 Å². The average molecular weight is 430 g/mol. The fourth-order valence-electron chi connectivity index (χ4n) is 4.28. The second-order valence-electron chi connectivity index (χ2n) is 7.87. The summed E-state index contributed by atoms with van der Waals surface area (Å²) in [6.07, 6.45) is 5.68. The Bertz CT molecular complexity index is 937. The van der Waals surface area contributed by atoms with Crippen molar-refractivity contribution in [1.29, 1.82) is 0 Å². The predicted octanol–water partition coefficient (Wildman–Crippen LogP) is 3.25. The number of amides is 1. The molecule has 160 valence electrons. The van der Waals surface area contributed by atoms with E-state index in [1.165, 1.54) is 5.56 Å². The van der Waals surface area contributed by atoms with Gasteiger partial charge in [-0.05, 0) is 61.4 Å². The molecule has 0 bridgehead atoms. The number of pyridine rings is 1. The van der Waals surface area contributed by atoms with Crippen LogP contribution in [-0.2, 0) is 10.0 Å². The monoisotopic (exact) mass is 429 g/mol. The van der Waals surface area contributed by atoms with Crippen LogP contribution < -0.4 is 4.74 Å². The third kappa shape index (κ3) is 4.65. The SMILES string of the molecule is O=C(Oc1ccccc1)N1CCC(S(=O)(=O)N2CCC(c3ccncc3)CC2)CC1. The molecule has 0 N–H and O–H groups in total. The molecule has 1 aromatic carbocycles. The first-order valence-electron chi connectivity index (χ1n) is 10.4. The third-order valence-electron chi connectivity index (χ3n) is 6.06. The molecule has 2 aliphatic rings. The predicted molar refractivity (Wildman–Crippen MR) is 114 cm³/mol. The maximum Gasteiger partial charge on any atom is 0.415 e. The van der Waals surface area contributed by atoms with Crippen LogP contribution in [0.3, 0.4) is 0 Å². The fraction of sp³-hybridized carbons (Fsp3) is 0.455. The first kappa shape index (κ1) is 20.8. The molecule has 1 amide bonds. The second-order valence-corrected chi connectivity index (χ2v) is 10.1. The van der Waals surface area contributed by atoms with Crippen LogP contribution >= 0.6 is 0 Å². The number of benzene rings is 1. The third-order valence-corrected chi connectivity index (χ3v) is 8.46. The molecule has 2 aromatic rings. The number of hydrogen-bond acceptors (Lipinski definition) is 5. The van der Waals surface area contributed by atoms with Crippen molar-refractivity contribution in [2.45, 2.75) is 36.9 Å². The van der Waals surface area contributed by atoms with Crippen LogP contribution in [0.2, 0.25) is 0 Å². The fourth-order valence-corrected chi connectivity index (χ4v) is 6.23. The van der Waals surface area contributed by atoms with Crippen molar-refractivity contribution in [1.82, 2.24) is 14.2 Å². The summed E-state index contributed by atoms with van der Waals surface area (Å²) in [6.45, 7) is 1.88. The molecule has 3 heterocycles. The standard InChI is InChI=1S/C22H27N3O4S/c26-22(29-20-4-2-1-3-5-20)24-14-10-21(11-15-24)30(27,28)25-16-8-19(9-17-25)18-6-12-23-13-7-18/h1-7,12-13,19,21H,8-11,14-17H2. The van der Waals surface area contributed by atoms with Gasteiger partial charge in [-0.25, -0.2) is 17.5 Å². The van der Waals surface area contributed by atoms with E-state index in [0.29, 0.717) is 50.7 Å². The Labute approximate surface area is 177 Å². The van der Waals surface area contributed by atoms with Crippen LogP contribution in [0.15, 0.2) is 54.9 Å². The van der Waals surface area contributed by atoms with Gasteiger partial charge < -0.3 is 9.64 Å². The van der Waals surface area contributed by atoms with Crippen LogP contribution in [0.1, 0.15) is 37.2 Å². The van der Waals surface area contributed by atoms with Gasteiger partial charge in [-0.1, -0.05) is 18.2 Å². The Morgan fingerprint density at radius 3 is 2.17 bits per heavy atom. The molecular weight excluding hydrogens is 402 g/mol. The molecule has 0 atom stereocenters. The minimum atomic E-state index is -3.36. The number of hydrogen-bond donors (Lipinski definition) is 0. The smallest absolute Gasteiger partial charge is 0.410 e. The quantitative estimate of drug-likeness (QED) is 0.745. The molecule has 1 aromatic heterocycles. The number of carbonyl (C=O) groups is 1. The van der Waals surface area contributed by atoms with Gasteiger partial charge in [-0.2, -0.15) is 0 Å². The van der Waals surface area contributed by atoms with Gasteiger partial charge in [0, 0.05) is 38.6 Å². The van der Waals surface area contributed by atoms with Gasteiger partial charge in [0.2, 0.25) is 10.0 Å². The number of likely N-dealkylation sites (tertiary alicyclic amines) is 1. The number of aromatic nitrogens is 1. The highest BCUT2D eigenvalue weighted by atomic mass is 32.2. The summed E-state index contributed by atoms with van der Waals surface area (Å²) in [5.74, 6) is 0.878. The highest BCUT2D eigenvalue weighted by molar-refractivity contribution is 7.89. The summed E-state index contributed by atoms with van der Waals surface area (Å²) in [7, 11) is -3.36. The van der Waals surface area contributed by atoms with Crippen LogP contribution in [0.25, 0.3) is 0 Å². The lowest BCUT2D eigenvalue weighted by atomic mass is 9.91. The van der Waals surface area contributed by atoms with Crippen molar-refractivity contribution in [3.63, 3.8) is 0 Å². The van der Waals surface area contributed by atoms with Crippen molar-refractivity contribution < 1.29 is 17.9 Å². The lowest BCUT2D eigenvalue weighted by Crippen LogP contribution is -2.49. The van der Waals surface area contributed by atoms with Crippen molar-refractivity contribution in [2.75, 3.05) is 26.2 Å². The highest BCUT2D eigenvalue weighted by Gasteiger charge is 2.37. The van der Waals surface area contributed by atoms with Crippen molar-refractivity contribution in [3.05, 3.63) is 60.4 Å². The molecule has 7 nitrogen and oxygen atoms in total. The van der Waals surface area contributed by atoms with Gasteiger partial charge in [0.15, 0.2) is 0 Å². The molecular formula is C22H27N3O4S. The zero-order valence-corrected chi connectivity index (χ0v) is 17.7. The molecule has 30 heavy (non-hydrogen) atoms. The Kier molecular flexibility index (Phi) is 6.34. The number of ether oxygens (including phenoxy) is 1. The minimum Gasteiger partial charge on any atom is -0.410 e. The van der Waals surface area contributed by atoms with E-state index in [4.69, 9.17) is 4.74 Å². The van der Waals surface area contributed by atoms with Gasteiger partial charge in [0.1, 0.15) is 5.75 Å². The topological polar surface area (TPSA) is 79.8 Å². The van der Waals surface area contributed by atoms with Gasteiger partial charge in [-0.15, -0.1) is 0 Å². The lowest BCUT2D eigenvalue weighted by Gasteiger charge is -2.37. The van der Waals surface area contributed by atoms with Crippen molar-refractivity contribution in [2.24, 2.45) is 0 Å². The lowest BCUT2D eigenvalue weighted by molar-refractivity contribution is 0.142. The van der Waals surface area contributed by atoms with E-state index in [9.17, 15) is 13.2 Å². The van der Waals surface area contributed by atoms with Gasteiger partial charge in [0.05, 0.1) is 5.25 Å². The number of piperidine rings is 2. The number of rotatable bonds is 4. The van der Waals surface area contributed by atoms with E-state index >= 15 is 0 Å². The summed E-state index contributed by atoms with van der Waals surface area (Å²) in [5, 5.41) is -0.434. The number of carbonyl (C=O) groups excluding carboxylic acids is 1. The van der Waals surface area contributed by atoms with E-state index in [1.54, 1.807) is 45.9 Å². The normalized spacial score (nSPS) is 19.5. The van der Waals surface area contributed by atoms with Gasteiger partial charge in [-0.3, -0.25) is 4.98 Å². The zero-order valence-electron chi connectivity index (χ0n) is 16.9. The molecule has 0 saturated carbocycles. The Hall–Kier alpha value is -2.45. The summed E-state index contributed by atoms with van der Waals surface area (Å²) in [6, 6.07) is 12.9. The first-order valence-corrected chi connectivity index (χ1v) is 11.9. The van der Waals surface area contributed by atoms with Gasteiger partial charge in [0.25, 0.3) is 0 Å². The van der Waals surface area contributed by atoms with Crippen molar-refractivity contribution in [3.8, 4) is 5.75 Å². The summed E-state index contributed by atoms with van der Waals surface area (Å²) in [5.41, 5.74) is 1.23. The maximum absolute atomic E-state index is 13.1. The molecule has 4 rings (SSSR count). The zero-order chi connectivity index (χ0) is 21.0. The number of nitrogens with zero attached hydrogens (tertiary/aromatic N) is 3. The number of para-hydroxylation sites is 1. The molecule has 8 heteroatoms. The Balaban J connectivity index is 1.29. The number of sulfonamides is 1. The molecule has 0 unspecified atom stereocenters.